The summed E-state index contributed by atoms with van der Waals surface area (Å²) in [5, 5.41) is 0.586. The van der Waals surface area contributed by atoms with Crippen LogP contribution in [0.3, 0.4) is 0 Å². The molecule has 0 saturated carbocycles. The maximum absolute atomic E-state index is 14.3. The lowest BCUT2D eigenvalue weighted by molar-refractivity contribution is 0.103. The number of ketones is 1. The summed E-state index contributed by atoms with van der Waals surface area (Å²) in [6, 6.07) is 4.57. The molecular formula is C15H11BrFN3O2. The standard InChI is InChI=1S/C15H11BrFN3O2/c1-22-11-3-2-10(18)13(17)12(11)14(21)9-6-20-15-8(9)4-7(16)5-19-15/h2-6H,18H2,1H3,(H,19,20). The number of aromatic nitrogens is 2. The second kappa shape index (κ2) is 5.42. The summed E-state index contributed by atoms with van der Waals surface area (Å²) >= 11 is 3.30. The van der Waals surface area contributed by atoms with Crippen LogP contribution in [-0.4, -0.2) is 22.9 Å². The van der Waals surface area contributed by atoms with E-state index in [1.807, 2.05) is 0 Å². The molecule has 3 rings (SSSR count). The summed E-state index contributed by atoms with van der Waals surface area (Å²) in [5.74, 6) is -1.18. The van der Waals surface area contributed by atoms with Crippen LogP contribution in [0.5, 0.6) is 5.75 Å². The molecule has 0 aliphatic carbocycles. The minimum atomic E-state index is -0.790. The number of rotatable bonds is 3. The molecule has 0 bridgehead atoms. The van der Waals surface area contributed by atoms with E-state index in [2.05, 4.69) is 25.9 Å². The van der Waals surface area contributed by atoms with Crippen LogP contribution in [0.2, 0.25) is 0 Å². The number of anilines is 1. The summed E-state index contributed by atoms with van der Waals surface area (Å²) < 4.78 is 20.1. The Hall–Kier alpha value is -2.41. The number of benzene rings is 1. The summed E-state index contributed by atoms with van der Waals surface area (Å²) in [6.45, 7) is 0. The number of ether oxygens (including phenoxy) is 1. The first-order valence-corrected chi connectivity index (χ1v) is 7.11. The van der Waals surface area contributed by atoms with E-state index in [0.29, 0.717) is 21.1 Å². The number of hydrogen-bond donors (Lipinski definition) is 2. The molecular weight excluding hydrogens is 353 g/mol. The predicted molar refractivity (Wildman–Crippen MR) is 84.6 cm³/mol. The number of pyridine rings is 1. The maximum atomic E-state index is 14.3. The van der Waals surface area contributed by atoms with Crippen molar-refractivity contribution in [2.45, 2.75) is 0 Å². The fraction of sp³-hybridized carbons (Fsp3) is 0.0667. The number of halogens is 2. The molecule has 0 fully saturated rings. The lowest BCUT2D eigenvalue weighted by Crippen LogP contribution is -2.08. The third-order valence-electron chi connectivity index (χ3n) is 3.32. The zero-order chi connectivity index (χ0) is 15.9. The van der Waals surface area contributed by atoms with Crippen molar-refractivity contribution in [2.24, 2.45) is 0 Å². The third kappa shape index (κ3) is 2.23. The molecule has 1 aromatic carbocycles. The van der Waals surface area contributed by atoms with E-state index in [-0.39, 0.29) is 17.0 Å². The second-order valence-electron chi connectivity index (χ2n) is 4.63. The van der Waals surface area contributed by atoms with Crippen LogP contribution in [0.4, 0.5) is 10.1 Å². The highest BCUT2D eigenvalue weighted by molar-refractivity contribution is 9.10. The predicted octanol–water partition coefficient (Wildman–Crippen LogP) is 3.29. The van der Waals surface area contributed by atoms with Crippen molar-refractivity contribution in [3.63, 3.8) is 0 Å². The lowest BCUT2D eigenvalue weighted by Gasteiger charge is -2.10. The van der Waals surface area contributed by atoms with Crippen LogP contribution in [-0.2, 0) is 0 Å². The van der Waals surface area contributed by atoms with Gasteiger partial charge >= 0.3 is 0 Å². The van der Waals surface area contributed by atoms with Crippen molar-refractivity contribution >= 4 is 38.4 Å². The Morgan fingerprint density at radius 1 is 1.45 bits per heavy atom. The van der Waals surface area contributed by atoms with Gasteiger partial charge in [-0.15, -0.1) is 0 Å². The SMILES string of the molecule is COc1ccc(N)c(F)c1C(=O)c1c[nH]c2ncc(Br)cc12. The van der Waals surface area contributed by atoms with E-state index in [0.717, 1.165) is 0 Å². The molecule has 0 aliphatic rings. The number of carbonyl (C=O) groups is 1. The molecule has 0 atom stereocenters. The minimum Gasteiger partial charge on any atom is -0.496 e. The molecule has 0 spiro atoms. The maximum Gasteiger partial charge on any atom is 0.202 e. The highest BCUT2D eigenvalue weighted by Crippen LogP contribution is 2.30. The largest absolute Gasteiger partial charge is 0.496 e. The minimum absolute atomic E-state index is 0.108. The van der Waals surface area contributed by atoms with Crippen LogP contribution >= 0.6 is 15.9 Å². The van der Waals surface area contributed by atoms with Crippen molar-refractivity contribution in [1.29, 1.82) is 0 Å². The number of H-pyrrole nitrogens is 1. The van der Waals surface area contributed by atoms with Gasteiger partial charge < -0.3 is 15.5 Å². The van der Waals surface area contributed by atoms with Gasteiger partial charge in [-0.25, -0.2) is 9.37 Å². The second-order valence-corrected chi connectivity index (χ2v) is 5.54. The number of nitrogens with one attached hydrogen (secondary N) is 1. The molecule has 3 N–H and O–H groups in total. The summed E-state index contributed by atoms with van der Waals surface area (Å²) in [5.41, 5.74) is 6.10. The monoisotopic (exact) mass is 363 g/mol. The van der Waals surface area contributed by atoms with Crippen LogP contribution in [0.1, 0.15) is 15.9 Å². The zero-order valence-electron chi connectivity index (χ0n) is 11.5. The van der Waals surface area contributed by atoms with Crippen LogP contribution in [0, 0.1) is 5.82 Å². The number of nitrogens with two attached hydrogens (primary N) is 1. The molecule has 0 aliphatic heterocycles. The Balaban J connectivity index is 2.22. The number of fused-ring (bicyclic) bond motifs is 1. The molecule has 7 heteroatoms. The zero-order valence-corrected chi connectivity index (χ0v) is 13.1. The first-order chi connectivity index (χ1) is 10.5. The fourth-order valence-corrected chi connectivity index (χ4v) is 2.59. The summed E-state index contributed by atoms with van der Waals surface area (Å²) in [7, 11) is 1.37. The van der Waals surface area contributed by atoms with Crippen molar-refractivity contribution in [3.05, 3.63) is 52.0 Å². The molecule has 0 saturated heterocycles. The van der Waals surface area contributed by atoms with Crippen LogP contribution in [0.25, 0.3) is 11.0 Å². The third-order valence-corrected chi connectivity index (χ3v) is 3.76. The smallest absolute Gasteiger partial charge is 0.202 e. The molecule has 112 valence electrons. The Morgan fingerprint density at radius 2 is 2.23 bits per heavy atom. The molecule has 3 aromatic rings. The van der Waals surface area contributed by atoms with Crippen LogP contribution < -0.4 is 10.5 Å². The quantitative estimate of drug-likeness (QED) is 0.552. The van der Waals surface area contributed by atoms with Gasteiger partial charge in [-0.2, -0.15) is 0 Å². The molecule has 0 unspecified atom stereocenters. The van der Waals surface area contributed by atoms with Gasteiger partial charge in [-0.3, -0.25) is 4.79 Å². The number of carbonyl (C=O) groups excluding carboxylic acids is 1. The van der Waals surface area contributed by atoms with E-state index in [4.69, 9.17) is 10.5 Å². The van der Waals surface area contributed by atoms with E-state index < -0.39 is 11.6 Å². The number of aromatic amines is 1. The number of hydrogen-bond acceptors (Lipinski definition) is 4. The van der Waals surface area contributed by atoms with E-state index in [1.54, 1.807) is 12.3 Å². The van der Waals surface area contributed by atoms with Gasteiger partial charge in [-0.05, 0) is 34.1 Å². The number of methoxy groups -OCH3 is 1. The molecule has 5 nitrogen and oxygen atoms in total. The van der Waals surface area contributed by atoms with Crippen molar-refractivity contribution in [2.75, 3.05) is 12.8 Å². The fourth-order valence-electron chi connectivity index (χ4n) is 2.26. The van der Waals surface area contributed by atoms with Gasteiger partial charge in [0.05, 0.1) is 12.8 Å². The van der Waals surface area contributed by atoms with Gasteiger partial charge in [-0.1, -0.05) is 0 Å². The van der Waals surface area contributed by atoms with E-state index in [9.17, 15) is 9.18 Å². The van der Waals surface area contributed by atoms with Gasteiger partial charge in [0, 0.05) is 27.8 Å². The van der Waals surface area contributed by atoms with Gasteiger partial charge in [0.1, 0.15) is 17.0 Å². The normalized spacial score (nSPS) is 10.9. The van der Waals surface area contributed by atoms with Gasteiger partial charge in [0.2, 0.25) is 5.78 Å². The van der Waals surface area contributed by atoms with Gasteiger partial charge in [0.25, 0.3) is 0 Å². The van der Waals surface area contributed by atoms with Crippen LogP contribution in [0.15, 0.2) is 35.1 Å². The Bertz CT molecular complexity index is 892. The molecule has 22 heavy (non-hydrogen) atoms. The average Bonchev–Trinajstić information content (AvgIpc) is 2.92. The Labute approximate surface area is 133 Å². The Morgan fingerprint density at radius 3 is 2.95 bits per heavy atom. The summed E-state index contributed by atoms with van der Waals surface area (Å²) in [6.07, 6.45) is 3.10. The van der Waals surface area contributed by atoms with E-state index >= 15 is 0 Å². The molecule has 0 radical (unpaired) electrons. The average molecular weight is 364 g/mol. The number of nitrogen functional groups attached to an aromatic ring is 1. The Kier molecular flexibility index (Phi) is 3.58. The van der Waals surface area contributed by atoms with Crippen molar-refractivity contribution in [3.8, 4) is 5.75 Å². The lowest BCUT2D eigenvalue weighted by atomic mass is 10.0. The van der Waals surface area contributed by atoms with Crippen molar-refractivity contribution < 1.29 is 13.9 Å². The first kappa shape index (κ1) is 14.5. The molecule has 0 amide bonds. The number of nitrogens with zero attached hydrogens (tertiary/aromatic N) is 1. The highest BCUT2D eigenvalue weighted by Gasteiger charge is 2.24. The van der Waals surface area contributed by atoms with Crippen molar-refractivity contribution in [1.82, 2.24) is 9.97 Å². The van der Waals surface area contributed by atoms with E-state index in [1.165, 1.54) is 25.4 Å². The highest BCUT2D eigenvalue weighted by atomic mass is 79.9. The topological polar surface area (TPSA) is 81.0 Å². The molecule has 2 aromatic heterocycles. The summed E-state index contributed by atoms with van der Waals surface area (Å²) in [4.78, 5) is 19.8. The first-order valence-electron chi connectivity index (χ1n) is 6.32. The molecule has 2 heterocycles. The van der Waals surface area contributed by atoms with Gasteiger partial charge in [0.15, 0.2) is 5.82 Å².